The van der Waals surface area contributed by atoms with Gasteiger partial charge < -0.3 is 19.5 Å². The molecule has 0 aromatic heterocycles. The maximum absolute atomic E-state index is 13.8. The molecule has 1 saturated heterocycles. The summed E-state index contributed by atoms with van der Waals surface area (Å²) in [6.07, 6.45) is 1.47. The van der Waals surface area contributed by atoms with E-state index in [-0.39, 0.29) is 17.7 Å². The summed E-state index contributed by atoms with van der Waals surface area (Å²) < 4.78 is 17.7. The summed E-state index contributed by atoms with van der Waals surface area (Å²) in [6, 6.07) is 10.4. The van der Waals surface area contributed by atoms with Crippen LogP contribution in [0.4, 0.5) is 0 Å². The van der Waals surface area contributed by atoms with Crippen molar-refractivity contribution in [2.75, 3.05) is 20.2 Å². The largest absolute Gasteiger partial charge is 0.493 e. The lowest BCUT2D eigenvalue weighted by atomic mass is 9.63. The molecule has 2 heterocycles. The van der Waals surface area contributed by atoms with Crippen LogP contribution >= 0.6 is 0 Å². The Morgan fingerprint density at radius 3 is 2.47 bits per heavy atom. The Hall–Kier alpha value is -2.86. The number of methoxy groups -OCH3 is 1. The van der Waals surface area contributed by atoms with Crippen molar-refractivity contribution >= 4 is 11.6 Å². The first-order valence-corrected chi connectivity index (χ1v) is 11.2. The van der Waals surface area contributed by atoms with Crippen LogP contribution in [0.25, 0.3) is 0 Å². The van der Waals surface area contributed by atoms with Crippen LogP contribution in [0.1, 0.15) is 66.8 Å². The molecule has 0 saturated carbocycles. The fourth-order valence-corrected chi connectivity index (χ4v) is 4.77. The van der Waals surface area contributed by atoms with E-state index in [1.165, 1.54) is 0 Å². The van der Waals surface area contributed by atoms with Crippen LogP contribution in [-0.4, -0.2) is 43.5 Å². The molecule has 6 heteroatoms. The molecule has 0 radical (unpaired) electrons. The standard InChI is InChI=1S/C26H31NO5/c1-16(2)31-19-10-9-17(15-21(19)30-5)23(28)18-7-6-8-20-22(18)24(29)25(3,4)26(32-20)11-13-27-14-12-26/h6-10,15-16,27H,11-14H2,1-5H3. The summed E-state index contributed by atoms with van der Waals surface area (Å²) >= 11 is 0. The lowest BCUT2D eigenvalue weighted by Crippen LogP contribution is -2.61. The molecule has 6 nitrogen and oxygen atoms in total. The zero-order chi connectivity index (χ0) is 23.1. The minimum atomic E-state index is -0.745. The van der Waals surface area contributed by atoms with Crippen LogP contribution in [0.15, 0.2) is 36.4 Å². The average molecular weight is 438 g/mol. The molecule has 0 unspecified atom stereocenters. The van der Waals surface area contributed by atoms with Crippen LogP contribution in [0, 0.1) is 5.41 Å². The predicted molar refractivity (Wildman–Crippen MR) is 122 cm³/mol. The Balaban J connectivity index is 1.76. The van der Waals surface area contributed by atoms with Crippen molar-refractivity contribution in [1.29, 1.82) is 0 Å². The molecule has 1 fully saturated rings. The lowest BCUT2D eigenvalue weighted by molar-refractivity contribution is -0.0583. The molecule has 2 aromatic rings. The van der Waals surface area contributed by atoms with Gasteiger partial charge in [-0.3, -0.25) is 9.59 Å². The monoisotopic (exact) mass is 437 g/mol. The van der Waals surface area contributed by atoms with Crippen LogP contribution in [0.2, 0.25) is 0 Å². The molecule has 2 aliphatic rings. The quantitative estimate of drug-likeness (QED) is 0.698. The summed E-state index contributed by atoms with van der Waals surface area (Å²) in [5.41, 5.74) is -0.162. The number of hydrogen-bond acceptors (Lipinski definition) is 6. The van der Waals surface area contributed by atoms with Gasteiger partial charge in [0.05, 0.1) is 24.2 Å². The van der Waals surface area contributed by atoms with Crippen LogP contribution in [0.5, 0.6) is 17.2 Å². The SMILES string of the molecule is COc1cc(C(=O)c2cccc3c2C(=O)C(C)(C)C2(CCNCC2)O3)ccc1OC(C)C. The number of ether oxygens (including phenoxy) is 3. The summed E-state index contributed by atoms with van der Waals surface area (Å²) in [5.74, 6) is 1.25. The summed E-state index contributed by atoms with van der Waals surface area (Å²) in [7, 11) is 1.54. The fraction of sp³-hybridized carbons (Fsp3) is 0.462. The van der Waals surface area contributed by atoms with E-state index in [1.54, 1.807) is 43.5 Å². The topological polar surface area (TPSA) is 73.9 Å². The van der Waals surface area contributed by atoms with Gasteiger partial charge >= 0.3 is 0 Å². The zero-order valence-corrected chi connectivity index (χ0v) is 19.4. The fourth-order valence-electron chi connectivity index (χ4n) is 4.77. The Morgan fingerprint density at radius 2 is 1.81 bits per heavy atom. The van der Waals surface area contributed by atoms with E-state index in [0.29, 0.717) is 33.9 Å². The number of carbonyl (C=O) groups excluding carboxylic acids is 2. The van der Waals surface area contributed by atoms with Crippen molar-refractivity contribution in [1.82, 2.24) is 5.32 Å². The van der Waals surface area contributed by atoms with E-state index in [1.807, 2.05) is 27.7 Å². The number of Topliss-reactive ketones (excluding diaryl/α,β-unsaturated/α-hetero) is 1. The Morgan fingerprint density at radius 1 is 1.09 bits per heavy atom. The third kappa shape index (κ3) is 3.56. The number of carbonyl (C=O) groups is 2. The van der Waals surface area contributed by atoms with Gasteiger partial charge in [0.2, 0.25) is 0 Å². The minimum Gasteiger partial charge on any atom is -0.493 e. The van der Waals surface area contributed by atoms with Gasteiger partial charge in [0.25, 0.3) is 0 Å². The number of nitrogens with one attached hydrogen (secondary N) is 1. The molecule has 0 amide bonds. The van der Waals surface area contributed by atoms with Gasteiger partial charge in [-0.2, -0.15) is 0 Å². The molecule has 32 heavy (non-hydrogen) atoms. The molecule has 4 rings (SSSR count). The van der Waals surface area contributed by atoms with E-state index in [4.69, 9.17) is 14.2 Å². The second-order valence-electron chi connectivity index (χ2n) is 9.34. The number of hydrogen-bond donors (Lipinski definition) is 1. The number of ketones is 2. The van der Waals surface area contributed by atoms with Gasteiger partial charge in [0, 0.05) is 24.0 Å². The van der Waals surface area contributed by atoms with Crippen LogP contribution < -0.4 is 19.5 Å². The number of benzene rings is 2. The van der Waals surface area contributed by atoms with Crippen molar-refractivity contribution in [2.45, 2.75) is 52.2 Å². The molecule has 0 aliphatic carbocycles. The Bertz CT molecular complexity index is 1050. The first-order valence-electron chi connectivity index (χ1n) is 11.2. The number of fused-ring (bicyclic) bond motifs is 1. The minimum absolute atomic E-state index is 0.0223. The van der Waals surface area contributed by atoms with E-state index in [0.717, 1.165) is 25.9 Å². The van der Waals surface area contributed by atoms with Gasteiger partial charge in [-0.1, -0.05) is 12.1 Å². The summed E-state index contributed by atoms with van der Waals surface area (Å²) in [4.78, 5) is 27.3. The van der Waals surface area contributed by atoms with E-state index < -0.39 is 11.0 Å². The second-order valence-corrected chi connectivity index (χ2v) is 9.34. The van der Waals surface area contributed by atoms with E-state index in [2.05, 4.69) is 5.32 Å². The summed E-state index contributed by atoms with van der Waals surface area (Å²) in [6.45, 7) is 9.33. The maximum atomic E-state index is 13.8. The third-order valence-electron chi connectivity index (χ3n) is 6.71. The van der Waals surface area contributed by atoms with Crippen molar-refractivity contribution in [3.8, 4) is 17.2 Å². The van der Waals surface area contributed by atoms with Crippen molar-refractivity contribution < 1.29 is 23.8 Å². The predicted octanol–water partition coefficient (Wildman–Crippen LogP) is 4.44. The highest BCUT2D eigenvalue weighted by Crippen LogP contribution is 2.50. The molecular formula is C26H31NO5. The first-order chi connectivity index (χ1) is 15.2. The molecule has 1 spiro atoms. The molecule has 170 valence electrons. The zero-order valence-electron chi connectivity index (χ0n) is 19.4. The Kier molecular flexibility index (Phi) is 5.76. The van der Waals surface area contributed by atoms with E-state index in [9.17, 15) is 9.59 Å². The van der Waals surface area contributed by atoms with Gasteiger partial charge in [0.15, 0.2) is 23.1 Å². The Labute approximate surface area is 189 Å². The van der Waals surface area contributed by atoms with Crippen molar-refractivity contribution in [2.24, 2.45) is 5.41 Å². The third-order valence-corrected chi connectivity index (χ3v) is 6.71. The normalized spacial score (nSPS) is 18.8. The van der Waals surface area contributed by atoms with Crippen molar-refractivity contribution in [3.63, 3.8) is 0 Å². The molecule has 0 atom stereocenters. The number of piperidine rings is 1. The molecule has 2 aliphatic heterocycles. The van der Waals surface area contributed by atoms with Crippen LogP contribution in [-0.2, 0) is 0 Å². The highest BCUT2D eigenvalue weighted by Gasteiger charge is 2.56. The second kappa shape index (κ2) is 8.24. The lowest BCUT2D eigenvalue weighted by Gasteiger charge is -2.51. The highest BCUT2D eigenvalue weighted by atomic mass is 16.5. The molecule has 2 aromatic carbocycles. The smallest absolute Gasteiger partial charge is 0.194 e. The number of rotatable bonds is 5. The molecule has 0 bridgehead atoms. The van der Waals surface area contributed by atoms with E-state index >= 15 is 0 Å². The van der Waals surface area contributed by atoms with Gasteiger partial charge in [0.1, 0.15) is 11.4 Å². The maximum Gasteiger partial charge on any atom is 0.194 e. The van der Waals surface area contributed by atoms with Gasteiger partial charge in [-0.25, -0.2) is 0 Å². The van der Waals surface area contributed by atoms with Gasteiger partial charge in [-0.05, 0) is 65.0 Å². The molecule has 1 N–H and O–H groups in total. The van der Waals surface area contributed by atoms with Gasteiger partial charge in [-0.15, -0.1) is 0 Å². The van der Waals surface area contributed by atoms with Crippen molar-refractivity contribution in [3.05, 3.63) is 53.1 Å². The highest BCUT2D eigenvalue weighted by molar-refractivity contribution is 6.18. The summed E-state index contributed by atoms with van der Waals surface area (Å²) in [5, 5.41) is 3.34. The first kappa shape index (κ1) is 22.3. The average Bonchev–Trinajstić information content (AvgIpc) is 2.77. The molecular weight excluding hydrogens is 406 g/mol. The van der Waals surface area contributed by atoms with Crippen LogP contribution in [0.3, 0.4) is 0 Å².